The first kappa shape index (κ1) is 17.6. The third kappa shape index (κ3) is 4.62. The van der Waals surface area contributed by atoms with E-state index in [2.05, 4.69) is 0 Å². The van der Waals surface area contributed by atoms with Gasteiger partial charge in [0.1, 0.15) is 0 Å². The summed E-state index contributed by atoms with van der Waals surface area (Å²) in [6.07, 6.45) is 0. The van der Waals surface area contributed by atoms with E-state index in [1.165, 1.54) is 0 Å². The molecule has 2 N–H and O–H groups in total. The first-order chi connectivity index (χ1) is 11.2. The number of rotatable bonds is 9. The highest BCUT2D eigenvalue weighted by atomic mass is 16.7. The lowest BCUT2D eigenvalue weighted by atomic mass is 9.84. The molecule has 0 heterocycles. The van der Waals surface area contributed by atoms with E-state index in [9.17, 15) is 0 Å². The molecular formula is C19H24O4. The summed E-state index contributed by atoms with van der Waals surface area (Å²) in [5.41, 5.74) is 2.11. The maximum absolute atomic E-state index is 9.15. The molecule has 0 aliphatic rings. The number of hydrogen-bond acceptors (Lipinski definition) is 4. The third-order valence-electron chi connectivity index (χ3n) is 3.75. The SMILES string of the molecule is CC(OCCO)(OCCO)C(c1ccccc1)c1ccccc1. The number of hydrogen-bond donors (Lipinski definition) is 2. The summed E-state index contributed by atoms with van der Waals surface area (Å²) in [6, 6.07) is 19.9. The molecule has 2 rings (SSSR count). The van der Waals surface area contributed by atoms with Crippen LogP contribution in [0.3, 0.4) is 0 Å². The fraction of sp³-hybridized carbons (Fsp3) is 0.368. The predicted molar refractivity (Wildman–Crippen MR) is 89.2 cm³/mol. The molecule has 2 aromatic carbocycles. The van der Waals surface area contributed by atoms with Gasteiger partial charge in [-0.3, -0.25) is 0 Å². The molecule has 0 aliphatic carbocycles. The van der Waals surface area contributed by atoms with Gasteiger partial charge in [0.15, 0.2) is 5.79 Å². The molecule has 0 amide bonds. The van der Waals surface area contributed by atoms with Gasteiger partial charge >= 0.3 is 0 Å². The van der Waals surface area contributed by atoms with Crippen LogP contribution in [0.1, 0.15) is 24.0 Å². The second-order valence-electron chi connectivity index (χ2n) is 5.41. The van der Waals surface area contributed by atoms with Crippen molar-refractivity contribution in [1.82, 2.24) is 0 Å². The van der Waals surface area contributed by atoms with Gasteiger partial charge in [-0.1, -0.05) is 60.7 Å². The molecular weight excluding hydrogens is 292 g/mol. The highest BCUT2D eigenvalue weighted by Crippen LogP contribution is 2.38. The van der Waals surface area contributed by atoms with Crippen molar-refractivity contribution in [1.29, 1.82) is 0 Å². The molecule has 0 aromatic heterocycles. The van der Waals surface area contributed by atoms with Crippen molar-refractivity contribution in [2.45, 2.75) is 18.6 Å². The van der Waals surface area contributed by atoms with Crippen molar-refractivity contribution in [2.75, 3.05) is 26.4 Å². The van der Waals surface area contributed by atoms with Crippen LogP contribution < -0.4 is 0 Å². The Morgan fingerprint density at radius 2 is 1.17 bits per heavy atom. The normalized spacial score (nSPS) is 11.8. The zero-order valence-electron chi connectivity index (χ0n) is 13.4. The topological polar surface area (TPSA) is 58.9 Å². The average Bonchev–Trinajstić information content (AvgIpc) is 2.60. The summed E-state index contributed by atoms with van der Waals surface area (Å²) in [4.78, 5) is 0. The Labute approximate surface area is 137 Å². The summed E-state index contributed by atoms with van der Waals surface area (Å²) < 4.78 is 11.7. The number of ether oxygens (including phenoxy) is 2. The second kappa shape index (κ2) is 8.79. The van der Waals surface area contributed by atoms with E-state index in [1.54, 1.807) is 0 Å². The van der Waals surface area contributed by atoms with Gasteiger partial charge in [-0.15, -0.1) is 0 Å². The first-order valence-corrected chi connectivity index (χ1v) is 7.81. The maximum atomic E-state index is 9.15. The Morgan fingerprint density at radius 3 is 1.52 bits per heavy atom. The molecule has 0 bridgehead atoms. The third-order valence-corrected chi connectivity index (χ3v) is 3.75. The van der Waals surface area contributed by atoms with Crippen molar-refractivity contribution >= 4 is 0 Å². The molecule has 0 aliphatic heterocycles. The van der Waals surface area contributed by atoms with Crippen molar-refractivity contribution in [3.63, 3.8) is 0 Å². The van der Waals surface area contributed by atoms with Crippen LogP contribution >= 0.6 is 0 Å². The monoisotopic (exact) mass is 316 g/mol. The van der Waals surface area contributed by atoms with Gasteiger partial charge in [0.05, 0.1) is 32.3 Å². The average molecular weight is 316 g/mol. The fourth-order valence-corrected chi connectivity index (χ4v) is 2.79. The number of aliphatic hydroxyl groups excluding tert-OH is 2. The largest absolute Gasteiger partial charge is 0.394 e. The zero-order chi connectivity index (χ0) is 16.5. The molecule has 0 atom stereocenters. The Hall–Kier alpha value is -1.72. The minimum absolute atomic E-state index is 0.0889. The van der Waals surface area contributed by atoms with E-state index < -0.39 is 5.79 Å². The first-order valence-electron chi connectivity index (χ1n) is 7.81. The van der Waals surface area contributed by atoms with Crippen LogP contribution in [-0.4, -0.2) is 42.4 Å². The van der Waals surface area contributed by atoms with E-state index >= 15 is 0 Å². The van der Waals surface area contributed by atoms with Crippen LogP contribution in [-0.2, 0) is 9.47 Å². The van der Waals surface area contributed by atoms with Crippen LogP contribution in [0.4, 0.5) is 0 Å². The van der Waals surface area contributed by atoms with E-state index in [-0.39, 0.29) is 32.3 Å². The highest BCUT2D eigenvalue weighted by Gasteiger charge is 2.38. The molecule has 0 saturated heterocycles. The zero-order valence-corrected chi connectivity index (χ0v) is 13.4. The Kier molecular flexibility index (Phi) is 6.74. The Morgan fingerprint density at radius 1 is 0.783 bits per heavy atom. The molecule has 124 valence electrons. The quantitative estimate of drug-likeness (QED) is 0.698. The molecule has 4 nitrogen and oxygen atoms in total. The van der Waals surface area contributed by atoms with E-state index in [1.807, 2.05) is 67.6 Å². The van der Waals surface area contributed by atoms with Crippen molar-refractivity contribution in [3.8, 4) is 0 Å². The van der Waals surface area contributed by atoms with Gasteiger partial charge in [-0.25, -0.2) is 0 Å². The fourth-order valence-electron chi connectivity index (χ4n) is 2.79. The van der Waals surface area contributed by atoms with E-state index in [0.29, 0.717) is 0 Å². The van der Waals surface area contributed by atoms with Gasteiger partial charge in [-0.05, 0) is 18.1 Å². The Balaban J connectivity index is 2.44. The molecule has 0 radical (unpaired) electrons. The minimum Gasteiger partial charge on any atom is -0.394 e. The van der Waals surface area contributed by atoms with Gasteiger partial charge < -0.3 is 19.7 Å². The number of benzene rings is 2. The lowest BCUT2D eigenvalue weighted by Gasteiger charge is -2.38. The molecule has 23 heavy (non-hydrogen) atoms. The van der Waals surface area contributed by atoms with Gasteiger partial charge in [0, 0.05) is 0 Å². The molecule has 0 fully saturated rings. The highest BCUT2D eigenvalue weighted by molar-refractivity contribution is 5.34. The second-order valence-corrected chi connectivity index (χ2v) is 5.41. The predicted octanol–water partition coefficient (Wildman–Crippen LogP) is 2.55. The standard InChI is InChI=1S/C19H24O4/c1-19(22-14-12-20,23-15-13-21)18(16-8-4-2-5-9-16)17-10-6-3-7-11-17/h2-11,18,20-21H,12-15H2,1H3. The smallest absolute Gasteiger partial charge is 0.176 e. The van der Waals surface area contributed by atoms with Crippen molar-refractivity contribution in [2.24, 2.45) is 0 Å². The van der Waals surface area contributed by atoms with Crippen LogP contribution in [0.5, 0.6) is 0 Å². The summed E-state index contributed by atoms with van der Waals surface area (Å²) in [5.74, 6) is -1.17. The van der Waals surface area contributed by atoms with E-state index in [0.717, 1.165) is 11.1 Å². The molecule has 4 heteroatoms. The number of aliphatic hydroxyl groups is 2. The summed E-state index contributed by atoms with van der Waals surface area (Å²) in [6.45, 7) is 2.00. The van der Waals surface area contributed by atoms with Crippen molar-refractivity contribution < 1.29 is 19.7 Å². The minimum atomic E-state index is -0.992. The summed E-state index contributed by atoms with van der Waals surface area (Å²) in [7, 11) is 0. The van der Waals surface area contributed by atoms with Crippen LogP contribution in [0.25, 0.3) is 0 Å². The van der Waals surface area contributed by atoms with Crippen LogP contribution in [0.15, 0.2) is 60.7 Å². The molecule has 0 spiro atoms. The molecule has 0 unspecified atom stereocenters. The van der Waals surface area contributed by atoms with Crippen LogP contribution in [0, 0.1) is 0 Å². The summed E-state index contributed by atoms with van der Waals surface area (Å²) in [5, 5.41) is 18.3. The van der Waals surface area contributed by atoms with Crippen molar-refractivity contribution in [3.05, 3.63) is 71.8 Å². The summed E-state index contributed by atoms with van der Waals surface area (Å²) >= 11 is 0. The Bertz CT molecular complexity index is 509. The van der Waals surface area contributed by atoms with Crippen LogP contribution in [0.2, 0.25) is 0 Å². The lowest BCUT2D eigenvalue weighted by Crippen LogP contribution is -2.41. The van der Waals surface area contributed by atoms with Gasteiger partial charge in [0.25, 0.3) is 0 Å². The van der Waals surface area contributed by atoms with Gasteiger partial charge in [-0.2, -0.15) is 0 Å². The van der Waals surface area contributed by atoms with E-state index in [4.69, 9.17) is 19.7 Å². The molecule has 0 saturated carbocycles. The lowest BCUT2D eigenvalue weighted by molar-refractivity contribution is -0.239. The maximum Gasteiger partial charge on any atom is 0.176 e. The van der Waals surface area contributed by atoms with Gasteiger partial charge in [0.2, 0.25) is 0 Å². The molecule has 2 aromatic rings.